The van der Waals surface area contributed by atoms with Gasteiger partial charge in [0.1, 0.15) is 0 Å². The number of hydrogen-bond donors (Lipinski definition) is 3. The molecule has 0 aromatic heterocycles. The predicted octanol–water partition coefficient (Wildman–Crippen LogP) is 17.8. The Morgan fingerprint density at radius 3 is 1.24 bits per heavy atom. The molecule has 0 fully saturated rings. The average molecular weight is 927 g/mol. The number of aliphatic hydroxyl groups excluding tert-OH is 2. The molecule has 0 saturated carbocycles. The first-order valence-electron chi connectivity index (χ1n) is 28.9. The third kappa shape index (κ3) is 51.2. The Kier molecular flexibility index (Phi) is 53.6. The van der Waals surface area contributed by atoms with Crippen molar-refractivity contribution in [2.75, 3.05) is 13.2 Å². The molecule has 386 valence electrons. The maximum atomic E-state index is 12.5. The largest absolute Gasteiger partial charge is 0.466 e. The van der Waals surface area contributed by atoms with E-state index in [0.29, 0.717) is 32.3 Å². The molecule has 3 N–H and O–H groups in total. The van der Waals surface area contributed by atoms with Gasteiger partial charge in [-0.3, -0.25) is 9.59 Å². The number of nitrogens with one attached hydrogen (secondary N) is 1. The summed E-state index contributed by atoms with van der Waals surface area (Å²) < 4.78 is 5.44. The third-order valence-electron chi connectivity index (χ3n) is 13.1. The highest BCUT2D eigenvalue weighted by atomic mass is 16.5. The van der Waals surface area contributed by atoms with Crippen molar-refractivity contribution in [2.45, 2.75) is 309 Å². The second-order valence-corrected chi connectivity index (χ2v) is 19.6. The number of esters is 1. The summed E-state index contributed by atoms with van der Waals surface area (Å²) in [6, 6.07) is -0.588. The molecule has 0 aliphatic carbocycles. The van der Waals surface area contributed by atoms with E-state index in [1.54, 1.807) is 0 Å². The van der Waals surface area contributed by atoms with Crippen LogP contribution in [0.15, 0.2) is 48.6 Å². The van der Waals surface area contributed by atoms with E-state index in [4.69, 9.17) is 4.74 Å². The van der Waals surface area contributed by atoms with Gasteiger partial charge in [0.2, 0.25) is 5.91 Å². The van der Waals surface area contributed by atoms with E-state index in [2.05, 4.69) is 61.7 Å². The van der Waals surface area contributed by atoms with Crippen molar-refractivity contribution >= 4 is 11.9 Å². The summed E-state index contributed by atoms with van der Waals surface area (Å²) in [5, 5.41) is 23.3. The topological polar surface area (TPSA) is 95.9 Å². The maximum absolute atomic E-state index is 12.5. The van der Waals surface area contributed by atoms with Crippen LogP contribution in [0.4, 0.5) is 0 Å². The van der Waals surface area contributed by atoms with Gasteiger partial charge in [0.15, 0.2) is 0 Å². The van der Waals surface area contributed by atoms with Crippen LogP contribution in [0.25, 0.3) is 0 Å². The summed E-state index contributed by atoms with van der Waals surface area (Å²) in [5.74, 6) is -0.147. The molecule has 0 aliphatic heterocycles. The third-order valence-corrected chi connectivity index (χ3v) is 13.1. The highest BCUT2D eigenvalue weighted by Crippen LogP contribution is 2.17. The van der Waals surface area contributed by atoms with Crippen molar-refractivity contribution in [1.29, 1.82) is 0 Å². The Balaban J connectivity index is 3.55. The zero-order chi connectivity index (χ0) is 47.9. The first-order valence-corrected chi connectivity index (χ1v) is 28.9. The molecule has 2 unspecified atom stereocenters. The molecule has 0 aliphatic rings. The highest BCUT2D eigenvalue weighted by molar-refractivity contribution is 5.76. The summed E-state index contributed by atoms with van der Waals surface area (Å²) in [6.07, 6.45) is 69.7. The molecule has 0 spiro atoms. The van der Waals surface area contributed by atoms with Crippen LogP contribution in [0.1, 0.15) is 296 Å². The number of hydrogen-bond acceptors (Lipinski definition) is 5. The lowest BCUT2D eigenvalue weighted by Gasteiger charge is -2.22. The fourth-order valence-corrected chi connectivity index (χ4v) is 8.67. The number of aliphatic hydroxyl groups is 2. The molecule has 0 rings (SSSR count). The summed E-state index contributed by atoms with van der Waals surface area (Å²) in [7, 11) is 0. The molecule has 66 heavy (non-hydrogen) atoms. The first-order chi connectivity index (χ1) is 32.5. The van der Waals surface area contributed by atoms with Gasteiger partial charge in [0.05, 0.1) is 25.4 Å². The lowest BCUT2D eigenvalue weighted by molar-refractivity contribution is -0.143. The van der Waals surface area contributed by atoms with Crippen LogP contribution >= 0.6 is 0 Å². The molecule has 0 aromatic carbocycles. The number of ether oxygens (including phenoxy) is 1. The molecule has 6 heteroatoms. The van der Waals surface area contributed by atoms with Crippen molar-refractivity contribution in [3.8, 4) is 0 Å². The smallest absolute Gasteiger partial charge is 0.305 e. The summed E-state index contributed by atoms with van der Waals surface area (Å²) >= 11 is 0. The standard InChI is InChI=1S/C60H111NO5/c1-3-5-7-9-11-13-15-17-18-19-20-21-22-23-24-25-26-29-32-36-40-44-48-52-58(63)57(56-62)61-59(64)53-49-45-41-37-33-30-27-31-35-39-43-47-51-55-66-60(65)54-50-46-42-38-34-28-16-14-12-10-8-6-4-2/h8,10,14,16,30,33,41,45,57-58,62-63H,3-7,9,11-13,15,17-29,31-32,34-40,42-44,46-56H2,1-2H3,(H,61,64)/b10-8-,16-14-,33-30-,45-41-. The molecular weight excluding hydrogens is 815 g/mol. The van der Waals surface area contributed by atoms with Crippen molar-refractivity contribution in [1.82, 2.24) is 5.32 Å². The van der Waals surface area contributed by atoms with E-state index in [1.807, 2.05) is 6.08 Å². The Hall–Kier alpha value is -2.18. The van der Waals surface area contributed by atoms with Crippen molar-refractivity contribution in [3.05, 3.63) is 48.6 Å². The van der Waals surface area contributed by atoms with Gasteiger partial charge >= 0.3 is 5.97 Å². The predicted molar refractivity (Wildman–Crippen MR) is 287 cm³/mol. The van der Waals surface area contributed by atoms with Crippen LogP contribution < -0.4 is 5.32 Å². The maximum Gasteiger partial charge on any atom is 0.305 e. The van der Waals surface area contributed by atoms with Gasteiger partial charge in [0, 0.05) is 12.8 Å². The van der Waals surface area contributed by atoms with Crippen LogP contribution in [0, 0.1) is 0 Å². The normalized spacial score (nSPS) is 13.0. The number of rotatable bonds is 53. The number of unbranched alkanes of at least 4 members (excludes halogenated alkanes) is 34. The molecule has 1 amide bonds. The molecule has 0 radical (unpaired) electrons. The van der Waals surface area contributed by atoms with Crippen molar-refractivity contribution in [3.63, 3.8) is 0 Å². The van der Waals surface area contributed by atoms with E-state index in [0.717, 1.165) is 64.2 Å². The monoisotopic (exact) mass is 926 g/mol. The number of carbonyl (C=O) groups excluding carboxylic acids is 2. The van der Waals surface area contributed by atoms with Gasteiger partial charge in [-0.15, -0.1) is 0 Å². The second-order valence-electron chi connectivity index (χ2n) is 19.6. The lowest BCUT2D eigenvalue weighted by Crippen LogP contribution is -2.45. The van der Waals surface area contributed by atoms with Crippen molar-refractivity contribution in [2.24, 2.45) is 0 Å². The van der Waals surface area contributed by atoms with E-state index >= 15 is 0 Å². The number of amides is 1. The molecule has 0 heterocycles. The molecule has 0 aromatic rings. The van der Waals surface area contributed by atoms with E-state index in [1.165, 1.54) is 193 Å². The molecular formula is C60H111NO5. The fraction of sp³-hybridized carbons (Fsp3) is 0.833. The van der Waals surface area contributed by atoms with E-state index in [-0.39, 0.29) is 18.5 Å². The Morgan fingerprint density at radius 2 is 0.803 bits per heavy atom. The summed E-state index contributed by atoms with van der Waals surface area (Å²) in [5.41, 5.74) is 0. The Labute approximate surface area is 410 Å². The number of carbonyl (C=O) groups is 2. The fourth-order valence-electron chi connectivity index (χ4n) is 8.67. The van der Waals surface area contributed by atoms with Crippen molar-refractivity contribution < 1.29 is 24.5 Å². The summed E-state index contributed by atoms with van der Waals surface area (Å²) in [6.45, 7) is 4.83. The van der Waals surface area contributed by atoms with Gasteiger partial charge in [-0.25, -0.2) is 0 Å². The molecule has 6 nitrogen and oxygen atoms in total. The van der Waals surface area contributed by atoms with Gasteiger partial charge in [-0.05, 0) is 70.6 Å². The summed E-state index contributed by atoms with van der Waals surface area (Å²) in [4.78, 5) is 24.5. The minimum atomic E-state index is -0.702. The highest BCUT2D eigenvalue weighted by Gasteiger charge is 2.19. The minimum Gasteiger partial charge on any atom is -0.466 e. The molecule has 0 saturated heterocycles. The Morgan fingerprint density at radius 1 is 0.424 bits per heavy atom. The average Bonchev–Trinajstić information content (AvgIpc) is 3.32. The van der Waals surface area contributed by atoms with Crippen LogP contribution in [-0.2, 0) is 14.3 Å². The van der Waals surface area contributed by atoms with Gasteiger partial charge in [0.25, 0.3) is 0 Å². The van der Waals surface area contributed by atoms with E-state index in [9.17, 15) is 19.8 Å². The van der Waals surface area contributed by atoms with Gasteiger partial charge < -0.3 is 20.3 Å². The van der Waals surface area contributed by atoms with Crippen LogP contribution in [0.5, 0.6) is 0 Å². The minimum absolute atomic E-state index is 0.0323. The Bertz CT molecular complexity index is 1110. The van der Waals surface area contributed by atoms with Crippen LogP contribution in [-0.4, -0.2) is 47.4 Å². The van der Waals surface area contributed by atoms with Gasteiger partial charge in [-0.1, -0.05) is 262 Å². The van der Waals surface area contributed by atoms with Crippen LogP contribution in [0.2, 0.25) is 0 Å². The zero-order valence-electron chi connectivity index (χ0n) is 43.9. The quantitative estimate of drug-likeness (QED) is 0.0321. The van der Waals surface area contributed by atoms with E-state index < -0.39 is 12.1 Å². The lowest BCUT2D eigenvalue weighted by atomic mass is 10.0. The first kappa shape index (κ1) is 63.8. The molecule has 2 atom stereocenters. The van der Waals surface area contributed by atoms with Crippen LogP contribution in [0.3, 0.4) is 0 Å². The zero-order valence-corrected chi connectivity index (χ0v) is 43.9. The number of allylic oxidation sites excluding steroid dienone is 8. The van der Waals surface area contributed by atoms with Gasteiger partial charge in [-0.2, -0.15) is 0 Å². The second kappa shape index (κ2) is 55.4. The molecule has 0 bridgehead atoms. The SMILES string of the molecule is CCC/C=C\C/C=C\CCCCCCCC(=O)OCCCCCCCC/C=C\C/C=C\CCC(=O)NC(CO)C(O)CCCCCCCCCCCCCCCCCCCCCCCCC.